The second-order valence-corrected chi connectivity index (χ2v) is 5.47. The fourth-order valence-electron chi connectivity index (χ4n) is 2.46. The van der Waals surface area contributed by atoms with Gasteiger partial charge in [-0.15, -0.1) is 0 Å². The van der Waals surface area contributed by atoms with Gasteiger partial charge in [-0.25, -0.2) is 9.40 Å². The van der Waals surface area contributed by atoms with Crippen LogP contribution in [-0.4, -0.2) is 17.5 Å². The van der Waals surface area contributed by atoms with Crippen molar-refractivity contribution in [2.75, 3.05) is 10.3 Å². The van der Waals surface area contributed by atoms with E-state index in [-0.39, 0.29) is 30.1 Å². The highest BCUT2D eigenvalue weighted by Crippen LogP contribution is 2.24. The van der Waals surface area contributed by atoms with Crippen molar-refractivity contribution in [2.24, 2.45) is 5.10 Å². The maximum Gasteiger partial charge on any atom is 0.271 e. The SMILES string of the molecule is Cc1ccccc1N1N=C(C(=O)Nc2ccccc2F)CCC1=O. The number of benzene rings is 2. The zero-order chi connectivity index (χ0) is 17.1. The Morgan fingerprint density at radius 3 is 2.58 bits per heavy atom. The molecule has 0 fully saturated rings. The van der Waals surface area contributed by atoms with Gasteiger partial charge in [-0.1, -0.05) is 30.3 Å². The molecule has 2 aromatic carbocycles. The number of hydrazone groups is 1. The van der Waals surface area contributed by atoms with Crippen LogP contribution in [0.1, 0.15) is 18.4 Å². The average molecular weight is 325 g/mol. The number of para-hydroxylation sites is 2. The normalized spacial score (nSPS) is 14.3. The lowest BCUT2D eigenvalue weighted by molar-refractivity contribution is -0.118. The Morgan fingerprint density at radius 1 is 1.12 bits per heavy atom. The molecule has 0 unspecified atom stereocenters. The van der Waals surface area contributed by atoms with Gasteiger partial charge in [0, 0.05) is 12.8 Å². The molecule has 24 heavy (non-hydrogen) atoms. The van der Waals surface area contributed by atoms with Gasteiger partial charge in [-0.05, 0) is 30.7 Å². The number of hydrogen-bond acceptors (Lipinski definition) is 3. The van der Waals surface area contributed by atoms with E-state index < -0.39 is 11.7 Å². The number of amides is 2. The lowest BCUT2D eigenvalue weighted by Crippen LogP contribution is -2.36. The zero-order valence-corrected chi connectivity index (χ0v) is 13.1. The summed E-state index contributed by atoms with van der Waals surface area (Å²) < 4.78 is 13.7. The van der Waals surface area contributed by atoms with Gasteiger partial charge in [0.15, 0.2) is 0 Å². The highest BCUT2D eigenvalue weighted by Gasteiger charge is 2.26. The van der Waals surface area contributed by atoms with Gasteiger partial charge in [0.25, 0.3) is 5.91 Å². The van der Waals surface area contributed by atoms with Gasteiger partial charge in [0.1, 0.15) is 11.5 Å². The summed E-state index contributed by atoms with van der Waals surface area (Å²) in [6.07, 6.45) is 0.402. The van der Waals surface area contributed by atoms with E-state index in [4.69, 9.17) is 0 Å². The fourth-order valence-corrected chi connectivity index (χ4v) is 2.46. The van der Waals surface area contributed by atoms with Crippen LogP contribution in [0.2, 0.25) is 0 Å². The van der Waals surface area contributed by atoms with E-state index in [1.54, 1.807) is 24.3 Å². The van der Waals surface area contributed by atoms with Crippen LogP contribution >= 0.6 is 0 Å². The highest BCUT2D eigenvalue weighted by atomic mass is 19.1. The number of anilines is 2. The number of rotatable bonds is 3. The third-order valence-corrected chi connectivity index (χ3v) is 3.76. The molecule has 0 aromatic heterocycles. The molecular weight excluding hydrogens is 309 g/mol. The Kier molecular flexibility index (Phi) is 4.37. The van der Waals surface area contributed by atoms with E-state index in [1.807, 2.05) is 19.1 Å². The number of hydrogen-bond donors (Lipinski definition) is 1. The molecule has 2 aromatic rings. The molecule has 1 heterocycles. The number of nitrogens with one attached hydrogen (secondary N) is 1. The summed E-state index contributed by atoms with van der Waals surface area (Å²) in [6, 6.07) is 13.2. The van der Waals surface area contributed by atoms with Gasteiger partial charge in [-0.3, -0.25) is 9.59 Å². The molecule has 6 heteroatoms. The minimum Gasteiger partial charge on any atom is -0.318 e. The quantitative estimate of drug-likeness (QED) is 0.941. The van der Waals surface area contributed by atoms with E-state index in [1.165, 1.54) is 17.1 Å². The molecule has 3 rings (SSSR count). The van der Waals surface area contributed by atoms with E-state index in [0.717, 1.165) is 5.56 Å². The maximum absolute atomic E-state index is 13.7. The van der Waals surface area contributed by atoms with Gasteiger partial charge in [0.05, 0.1) is 11.4 Å². The van der Waals surface area contributed by atoms with Crippen LogP contribution in [0.4, 0.5) is 15.8 Å². The molecule has 2 amide bonds. The standard InChI is InChI=1S/C18H16FN3O2/c1-12-6-2-5-9-16(12)22-17(23)11-10-15(21-22)18(24)20-14-8-4-3-7-13(14)19/h2-9H,10-11H2,1H3,(H,20,24). The Balaban J connectivity index is 1.87. The van der Waals surface area contributed by atoms with Crippen LogP contribution < -0.4 is 10.3 Å². The predicted molar refractivity (Wildman–Crippen MR) is 90.4 cm³/mol. The summed E-state index contributed by atoms with van der Waals surface area (Å²) in [5.41, 5.74) is 1.80. The Hall–Kier alpha value is -3.02. The molecule has 0 saturated heterocycles. The molecule has 0 aliphatic carbocycles. The summed E-state index contributed by atoms with van der Waals surface area (Å²) in [5.74, 6) is -1.20. The Morgan fingerprint density at radius 2 is 1.83 bits per heavy atom. The van der Waals surface area contributed by atoms with Gasteiger partial charge in [-0.2, -0.15) is 5.10 Å². The zero-order valence-electron chi connectivity index (χ0n) is 13.1. The number of nitrogens with zero attached hydrogens (tertiary/aromatic N) is 2. The van der Waals surface area contributed by atoms with Crippen molar-refractivity contribution in [1.82, 2.24) is 0 Å². The van der Waals surface area contributed by atoms with Crippen molar-refractivity contribution in [3.05, 3.63) is 59.9 Å². The van der Waals surface area contributed by atoms with Gasteiger partial charge < -0.3 is 5.32 Å². The molecule has 1 aliphatic heterocycles. The Bertz CT molecular complexity index is 833. The summed E-state index contributed by atoms with van der Waals surface area (Å²) in [5, 5.41) is 7.93. The smallest absolute Gasteiger partial charge is 0.271 e. The molecule has 0 saturated carbocycles. The van der Waals surface area contributed by atoms with E-state index in [0.29, 0.717) is 5.69 Å². The van der Waals surface area contributed by atoms with Crippen LogP contribution in [0.3, 0.4) is 0 Å². The summed E-state index contributed by atoms with van der Waals surface area (Å²) in [7, 11) is 0. The number of aryl methyl sites for hydroxylation is 1. The highest BCUT2D eigenvalue weighted by molar-refractivity contribution is 6.44. The molecule has 0 radical (unpaired) electrons. The maximum atomic E-state index is 13.7. The molecule has 1 aliphatic rings. The summed E-state index contributed by atoms with van der Waals surface area (Å²) in [4.78, 5) is 24.5. The third-order valence-electron chi connectivity index (χ3n) is 3.76. The second kappa shape index (κ2) is 6.62. The van der Waals surface area contributed by atoms with E-state index in [2.05, 4.69) is 10.4 Å². The van der Waals surface area contributed by atoms with Crippen molar-refractivity contribution < 1.29 is 14.0 Å². The van der Waals surface area contributed by atoms with Crippen molar-refractivity contribution in [3.8, 4) is 0 Å². The van der Waals surface area contributed by atoms with Crippen molar-refractivity contribution in [3.63, 3.8) is 0 Å². The summed E-state index contributed by atoms with van der Waals surface area (Å²) in [6.45, 7) is 1.87. The van der Waals surface area contributed by atoms with Gasteiger partial charge in [0.2, 0.25) is 5.91 Å². The number of carbonyl (C=O) groups excluding carboxylic acids is 2. The first-order chi connectivity index (χ1) is 11.6. The van der Waals surface area contributed by atoms with Crippen LogP contribution in [0.5, 0.6) is 0 Å². The lowest BCUT2D eigenvalue weighted by Gasteiger charge is -2.24. The number of halogens is 1. The molecule has 1 N–H and O–H groups in total. The molecule has 0 atom stereocenters. The molecule has 122 valence electrons. The lowest BCUT2D eigenvalue weighted by atomic mass is 10.1. The first-order valence-corrected chi connectivity index (χ1v) is 7.58. The first kappa shape index (κ1) is 15.9. The van der Waals surface area contributed by atoms with Crippen molar-refractivity contribution in [2.45, 2.75) is 19.8 Å². The van der Waals surface area contributed by atoms with E-state index >= 15 is 0 Å². The average Bonchev–Trinajstić information content (AvgIpc) is 2.58. The number of carbonyl (C=O) groups is 2. The van der Waals surface area contributed by atoms with Crippen LogP contribution in [0.15, 0.2) is 53.6 Å². The summed E-state index contributed by atoms with van der Waals surface area (Å²) >= 11 is 0. The van der Waals surface area contributed by atoms with Gasteiger partial charge >= 0.3 is 0 Å². The topological polar surface area (TPSA) is 61.8 Å². The van der Waals surface area contributed by atoms with Crippen LogP contribution in [0, 0.1) is 12.7 Å². The molecule has 0 bridgehead atoms. The van der Waals surface area contributed by atoms with E-state index in [9.17, 15) is 14.0 Å². The first-order valence-electron chi connectivity index (χ1n) is 7.58. The minimum absolute atomic E-state index is 0.0875. The monoisotopic (exact) mass is 325 g/mol. The van der Waals surface area contributed by atoms with Crippen LogP contribution in [-0.2, 0) is 9.59 Å². The van der Waals surface area contributed by atoms with Crippen molar-refractivity contribution in [1.29, 1.82) is 0 Å². The third kappa shape index (κ3) is 3.17. The second-order valence-electron chi connectivity index (χ2n) is 5.47. The largest absolute Gasteiger partial charge is 0.318 e. The minimum atomic E-state index is -0.519. The fraction of sp³-hybridized carbons (Fsp3) is 0.167. The molecule has 5 nitrogen and oxygen atoms in total. The molecular formula is C18H16FN3O2. The van der Waals surface area contributed by atoms with Crippen LogP contribution in [0.25, 0.3) is 0 Å². The van der Waals surface area contributed by atoms with Crippen molar-refractivity contribution >= 4 is 28.9 Å². The Labute approximate surface area is 138 Å². The predicted octanol–water partition coefficient (Wildman–Crippen LogP) is 3.26. The molecule has 0 spiro atoms.